The van der Waals surface area contributed by atoms with Gasteiger partial charge in [0.15, 0.2) is 5.96 Å². The number of nitrogens with two attached hydrogens (primary N) is 1. The van der Waals surface area contributed by atoms with Gasteiger partial charge in [-0.15, -0.1) is 0 Å². The molecule has 0 aliphatic heterocycles. The van der Waals surface area contributed by atoms with Crippen molar-refractivity contribution >= 4 is 11.6 Å². The van der Waals surface area contributed by atoms with E-state index in [0.29, 0.717) is 11.9 Å². The third-order valence-electron chi connectivity index (χ3n) is 4.36. The van der Waals surface area contributed by atoms with Gasteiger partial charge in [-0.1, -0.05) is 18.2 Å². The molecule has 4 heteroatoms. The Morgan fingerprint density at radius 1 is 1.17 bits per heavy atom. The Labute approximate surface area is 137 Å². The smallest absolute Gasteiger partial charge is 0.193 e. The molecule has 0 spiro atoms. The summed E-state index contributed by atoms with van der Waals surface area (Å²) >= 11 is 0. The van der Waals surface area contributed by atoms with E-state index in [1.807, 2.05) is 18.2 Å². The lowest BCUT2D eigenvalue weighted by Gasteiger charge is -2.08. The van der Waals surface area contributed by atoms with Crippen LogP contribution in [0.25, 0.3) is 0 Å². The topological polar surface area (TPSA) is 59.6 Å². The third-order valence-corrected chi connectivity index (χ3v) is 4.36. The standard InChI is InChI=1S/C19H23N3O/c1-12-7-8-15(9-13(12)2)21-19(20)22-18-11-17(18)14-5-4-6-16(10-14)23-3/h4-10,17-18H,11H2,1-3H3,(H3,20,21,22)/t17-,18+/m0/s1. The van der Waals surface area contributed by atoms with Crippen LogP contribution in [0.4, 0.5) is 5.69 Å². The molecular weight excluding hydrogens is 286 g/mol. The molecule has 120 valence electrons. The Morgan fingerprint density at radius 2 is 2.00 bits per heavy atom. The average Bonchev–Trinajstić information content (AvgIpc) is 3.30. The fraction of sp³-hybridized carbons (Fsp3) is 0.316. The number of methoxy groups -OCH3 is 1. The van der Waals surface area contributed by atoms with Gasteiger partial charge >= 0.3 is 0 Å². The number of aryl methyl sites for hydroxylation is 2. The molecule has 0 aromatic heterocycles. The van der Waals surface area contributed by atoms with Gasteiger partial charge in [0.1, 0.15) is 5.75 Å². The van der Waals surface area contributed by atoms with Crippen LogP contribution < -0.4 is 15.8 Å². The number of guanidine groups is 1. The predicted molar refractivity (Wildman–Crippen MR) is 95.3 cm³/mol. The van der Waals surface area contributed by atoms with Crippen LogP contribution in [-0.2, 0) is 0 Å². The molecule has 23 heavy (non-hydrogen) atoms. The molecular formula is C19H23N3O. The number of aliphatic imine (C=N–C) groups is 1. The van der Waals surface area contributed by atoms with Gasteiger partial charge in [-0.25, -0.2) is 4.99 Å². The minimum Gasteiger partial charge on any atom is -0.497 e. The molecule has 0 radical (unpaired) electrons. The predicted octanol–water partition coefficient (Wildman–Crippen LogP) is 3.59. The number of hydrogen-bond acceptors (Lipinski definition) is 2. The second-order valence-corrected chi connectivity index (χ2v) is 6.12. The number of benzene rings is 2. The highest BCUT2D eigenvalue weighted by Crippen LogP contribution is 2.44. The monoisotopic (exact) mass is 309 g/mol. The normalized spacial score (nSPS) is 20.2. The highest BCUT2D eigenvalue weighted by atomic mass is 16.5. The average molecular weight is 309 g/mol. The van der Waals surface area contributed by atoms with Crippen LogP contribution in [-0.4, -0.2) is 19.1 Å². The maximum Gasteiger partial charge on any atom is 0.193 e. The number of hydrogen-bond donors (Lipinski definition) is 2. The lowest BCUT2D eigenvalue weighted by Crippen LogP contribution is -2.23. The van der Waals surface area contributed by atoms with Crippen LogP contribution in [0.1, 0.15) is 29.0 Å². The molecule has 1 aliphatic carbocycles. The van der Waals surface area contributed by atoms with Gasteiger partial charge in [0, 0.05) is 11.6 Å². The van der Waals surface area contributed by atoms with Gasteiger partial charge in [0.05, 0.1) is 13.2 Å². The van der Waals surface area contributed by atoms with Crippen LogP contribution in [0.2, 0.25) is 0 Å². The fourth-order valence-electron chi connectivity index (χ4n) is 2.73. The van der Waals surface area contributed by atoms with Crippen LogP contribution in [0.15, 0.2) is 47.5 Å². The van der Waals surface area contributed by atoms with E-state index in [0.717, 1.165) is 17.9 Å². The Hall–Kier alpha value is -2.49. The van der Waals surface area contributed by atoms with Crippen molar-refractivity contribution < 1.29 is 4.74 Å². The Balaban J connectivity index is 1.64. The Bertz CT molecular complexity index is 739. The summed E-state index contributed by atoms with van der Waals surface area (Å²) in [5, 5.41) is 3.18. The van der Waals surface area contributed by atoms with Crippen molar-refractivity contribution in [2.45, 2.75) is 32.2 Å². The number of rotatable bonds is 4. The Kier molecular flexibility index (Phi) is 4.24. The maximum absolute atomic E-state index is 6.05. The summed E-state index contributed by atoms with van der Waals surface area (Å²) in [5.74, 6) is 1.80. The van der Waals surface area contributed by atoms with Crippen molar-refractivity contribution in [3.63, 3.8) is 0 Å². The first-order valence-corrected chi connectivity index (χ1v) is 7.88. The summed E-state index contributed by atoms with van der Waals surface area (Å²) in [7, 11) is 1.69. The van der Waals surface area contributed by atoms with Gasteiger partial charge in [0.25, 0.3) is 0 Å². The largest absolute Gasteiger partial charge is 0.497 e. The van der Waals surface area contributed by atoms with Gasteiger partial charge in [-0.3, -0.25) is 0 Å². The molecule has 1 fully saturated rings. The molecule has 1 aliphatic rings. The molecule has 0 saturated heterocycles. The maximum atomic E-state index is 6.05. The van der Waals surface area contributed by atoms with E-state index in [2.05, 4.69) is 48.4 Å². The van der Waals surface area contributed by atoms with E-state index in [1.54, 1.807) is 7.11 Å². The molecule has 0 amide bonds. The molecule has 3 N–H and O–H groups in total. The van der Waals surface area contributed by atoms with E-state index in [-0.39, 0.29) is 6.04 Å². The highest BCUT2D eigenvalue weighted by Gasteiger charge is 2.38. The first-order chi connectivity index (χ1) is 11.1. The van der Waals surface area contributed by atoms with E-state index < -0.39 is 0 Å². The SMILES string of the molecule is COc1cccc([C@@H]2C[C@H]2N=C(N)Nc2ccc(C)c(C)c2)c1. The molecule has 0 unspecified atom stereocenters. The molecule has 2 aromatic carbocycles. The number of anilines is 1. The zero-order valence-corrected chi connectivity index (χ0v) is 13.8. The molecule has 3 rings (SSSR count). The number of nitrogens with zero attached hydrogens (tertiary/aromatic N) is 1. The van der Waals surface area contributed by atoms with Crippen molar-refractivity contribution in [1.29, 1.82) is 0 Å². The highest BCUT2D eigenvalue weighted by molar-refractivity contribution is 5.92. The molecule has 1 saturated carbocycles. The summed E-state index contributed by atoms with van der Waals surface area (Å²) in [6.45, 7) is 4.19. The van der Waals surface area contributed by atoms with Crippen molar-refractivity contribution in [1.82, 2.24) is 0 Å². The van der Waals surface area contributed by atoms with Gasteiger partial charge in [-0.2, -0.15) is 0 Å². The summed E-state index contributed by atoms with van der Waals surface area (Å²) in [5.41, 5.74) is 10.8. The second-order valence-electron chi connectivity index (χ2n) is 6.12. The quantitative estimate of drug-likeness (QED) is 0.670. The molecule has 0 bridgehead atoms. The minimum atomic E-state index is 0.251. The number of nitrogens with one attached hydrogen (secondary N) is 1. The van der Waals surface area contributed by atoms with Crippen LogP contribution in [0, 0.1) is 13.8 Å². The van der Waals surface area contributed by atoms with Gasteiger partial charge < -0.3 is 15.8 Å². The summed E-state index contributed by atoms with van der Waals surface area (Å²) in [6.07, 6.45) is 1.03. The third kappa shape index (κ3) is 3.65. The Morgan fingerprint density at radius 3 is 2.74 bits per heavy atom. The zero-order valence-electron chi connectivity index (χ0n) is 13.8. The van der Waals surface area contributed by atoms with Crippen LogP contribution >= 0.6 is 0 Å². The molecule has 2 atom stereocenters. The first-order valence-electron chi connectivity index (χ1n) is 7.88. The molecule has 0 heterocycles. The van der Waals surface area contributed by atoms with Crippen molar-refractivity contribution in [2.24, 2.45) is 10.7 Å². The van der Waals surface area contributed by atoms with E-state index in [4.69, 9.17) is 10.5 Å². The van der Waals surface area contributed by atoms with Gasteiger partial charge in [-0.05, 0) is 61.2 Å². The lowest BCUT2D eigenvalue weighted by molar-refractivity contribution is 0.414. The zero-order chi connectivity index (χ0) is 16.4. The summed E-state index contributed by atoms with van der Waals surface area (Å²) < 4.78 is 5.28. The van der Waals surface area contributed by atoms with Crippen LogP contribution in [0.5, 0.6) is 5.75 Å². The summed E-state index contributed by atoms with van der Waals surface area (Å²) in [4.78, 5) is 4.59. The van der Waals surface area contributed by atoms with E-state index in [1.165, 1.54) is 16.7 Å². The lowest BCUT2D eigenvalue weighted by atomic mass is 10.1. The second kappa shape index (κ2) is 6.32. The van der Waals surface area contributed by atoms with Crippen LogP contribution in [0.3, 0.4) is 0 Å². The van der Waals surface area contributed by atoms with Crippen molar-refractivity contribution in [3.8, 4) is 5.75 Å². The summed E-state index contributed by atoms with van der Waals surface area (Å²) in [6, 6.07) is 14.6. The molecule has 2 aromatic rings. The van der Waals surface area contributed by atoms with E-state index in [9.17, 15) is 0 Å². The first kappa shape index (κ1) is 15.4. The minimum absolute atomic E-state index is 0.251. The van der Waals surface area contributed by atoms with Crippen molar-refractivity contribution in [3.05, 3.63) is 59.2 Å². The fourth-order valence-corrected chi connectivity index (χ4v) is 2.73. The van der Waals surface area contributed by atoms with Gasteiger partial charge in [0.2, 0.25) is 0 Å². The molecule has 4 nitrogen and oxygen atoms in total. The van der Waals surface area contributed by atoms with E-state index >= 15 is 0 Å². The van der Waals surface area contributed by atoms with Crippen molar-refractivity contribution in [2.75, 3.05) is 12.4 Å². The number of ether oxygens (including phenoxy) is 1.